The molecule has 0 aliphatic rings. The van der Waals surface area contributed by atoms with Crippen molar-refractivity contribution in [1.29, 1.82) is 5.41 Å². The molecule has 1 N–H and O–H groups in total. The average Bonchev–Trinajstić information content (AvgIpc) is 1.99. The molecule has 0 aliphatic heterocycles. The molecule has 0 amide bonds. The lowest BCUT2D eigenvalue weighted by molar-refractivity contribution is 0.683. The van der Waals surface area contributed by atoms with Crippen LogP contribution in [0, 0.1) is 5.41 Å². The first-order chi connectivity index (χ1) is 5.31. The van der Waals surface area contributed by atoms with Crippen molar-refractivity contribution in [3.8, 4) is 0 Å². The van der Waals surface area contributed by atoms with E-state index in [4.69, 9.17) is 5.41 Å². The molecule has 0 atom stereocenters. The molecule has 0 aliphatic carbocycles. The Kier molecular flexibility index (Phi) is 7.00. The zero-order valence-electron chi connectivity index (χ0n) is 7.56. The van der Waals surface area contributed by atoms with E-state index in [2.05, 4.69) is 11.9 Å². The van der Waals surface area contributed by atoms with E-state index in [9.17, 15) is 0 Å². The van der Waals surface area contributed by atoms with Gasteiger partial charge in [-0.25, -0.2) is 0 Å². The average molecular weight is 154 g/mol. The molecule has 0 saturated heterocycles. The molecule has 0 heterocycles. The minimum Gasteiger partial charge on any atom is -0.304 e. The van der Waals surface area contributed by atoms with Crippen LogP contribution < -0.4 is 0 Å². The Morgan fingerprint density at radius 3 is 2.64 bits per heavy atom. The first-order valence-corrected chi connectivity index (χ1v) is 4.30. The quantitative estimate of drug-likeness (QED) is 0.451. The van der Waals surface area contributed by atoms with E-state index in [1.807, 2.05) is 0 Å². The van der Waals surface area contributed by atoms with Crippen molar-refractivity contribution in [3.63, 3.8) is 0 Å². The molecule has 0 spiro atoms. The molecule has 0 unspecified atom stereocenters. The van der Waals surface area contributed by atoms with Crippen LogP contribution >= 0.6 is 0 Å². The van der Waals surface area contributed by atoms with Crippen LogP contribution in [0.5, 0.6) is 0 Å². The zero-order chi connectivity index (χ0) is 8.53. The SMILES string of the molecule is CCCCCCC(=N)C=NC. The highest BCUT2D eigenvalue weighted by atomic mass is 14.6. The second-order valence-electron chi connectivity index (χ2n) is 2.72. The largest absolute Gasteiger partial charge is 0.304 e. The second-order valence-corrected chi connectivity index (χ2v) is 2.72. The third-order valence-electron chi connectivity index (χ3n) is 1.58. The fourth-order valence-electron chi connectivity index (χ4n) is 0.963. The number of hydrogen-bond acceptors (Lipinski definition) is 2. The van der Waals surface area contributed by atoms with E-state index in [1.165, 1.54) is 19.3 Å². The Morgan fingerprint density at radius 1 is 1.36 bits per heavy atom. The van der Waals surface area contributed by atoms with Gasteiger partial charge in [0.2, 0.25) is 0 Å². The maximum atomic E-state index is 7.37. The van der Waals surface area contributed by atoms with Gasteiger partial charge in [-0.1, -0.05) is 26.2 Å². The van der Waals surface area contributed by atoms with Crippen molar-refractivity contribution < 1.29 is 0 Å². The van der Waals surface area contributed by atoms with Crippen LogP contribution in [0.1, 0.15) is 39.0 Å². The number of rotatable bonds is 6. The Labute approximate surface area is 69.2 Å². The monoisotopic (exact) mass is 154 g/mol. The van der Waals surface area contributed by atoms with Crippen molar-refractivity contribution in [2.24, 2.45) is 4.99 Å². The van der Waals surface area contributed by atoms with Gasteiger partial charge in [-0.2, -0.15) is 0 Å². The summed E-state index contributed by atoms with van der Waals surface area (Å²) in [7, 11) is 1.71. The Bertz CT molecular complexity index is 128. The van der Waals surface area contributed by atoms with Crippen LogP contribution in [-0.2, 0) is 0 Å². The topological polar surface area (TPSA) is 36.2 Å². The first kappa shape index (κ1) is 10.3. The number of aliphatic imine (C=N–C) groups is 1. The predicted octanol–water partition coefficient (Wildman–Crippen LogP) is 2.68. The van der Waals surface area contributed by atoms with Crippen molar-refractivity contribution in [1.82, 2.24) is 0 Å². The maximum absolute atomic E-state index is 7.37. The van der Waals surface area contributed by atoms with Gasteiger partial charge < -0.3 is 5.41 Å². The van der Waals surface area contributed by atoms with Gasteiger partial charge in [-0.05, 0) is 12.8 Å². The zero-order valence-corrected chi connectivity index (χ0v) is 7.56. The minimum absolute atomic E-state index is 0.656. The highest BCUT2D eigenvalue weighted by Gasteiger charge is 1.91. The molecule has 64 valence electrons. The molecular weight excluding hydrogens is 136 g/mol. The molecule has 2 heteroatoms. The van der Waals surface area contributed by atoms with Crippen molar-refractivity contribution in [2.45, 2.75) is 39.0 Å². The summed E-state index contributed by atoms with van der Waals surface area (Å²) in [6.45, 7) is 2.19. The normalized spacial score (nSPS) is 10.7. The molecule has 2 nitrogen and oxygen atoms in total. The van der Waals surface area contributed by atoms with Crippen LogP contribution in [0.2, 0.25) is 0 Å². The summed E-state index contributed by atoms with van der Waals surface area (Å²) >= 11 is 0. The van der Waals surface area contributed by atoms with E-state index in [1.54, 1.807) is 13.3 Å². The summed E-state index contributed by atoms with van der Waals surface area (Å²) in [5.41, 5.74) is 0.656. The summed E-state index contributed by atoms with van der Waals surface area (Å²) in [5, 5.41) is 7.37. The first-order valence-electron chi connectivity index (χ1n) is 4.30. The van der Waals surface area contributed by atoms with Gasteiger partial charge >= 0.3 is 0 Å². The number of nitrogens with one attached hydrogen (secondary N) is 1. The fourth-order valence-corrected chi connectivity index (χ4v) is 0.963. The van der Waals surface area contributed by atoms with E-state index in [-0.39, 0.29) is 0 Å². The van der Waals surface area contributed by atoms with Crippen LogP contribution in [0.25, 0.3) is 0 Å². The second kappa shape index (κ2) is 7.45. The molecule has 0 fully saturated rings. The van der Waals surface area contributed by atoms with Gasteiger partial charge in [0, 0.05) is 19.0 Å². The molecule has 0 radical (unpaired) electrons. The van der Waals surface area contributed by atoms with Crippen molar-refractivity contribution in [3.05, 3.63) is 0 Å². The van der Waals surface area contributed by atoms with Crippen LogP contribution in [-0.4, -0.2) is 19.0 Å². The molecular formula is C9H18N2. The predicted molar refractivity (Wildman–Crippen MR) is 50.9 cm³/mol. The molecule has 0 aromatic carbocycles. The molecule has 0 saturated carbocycles. The van der Waals surface area contributed by atoms with Crippen molar-refractivity contribution in [2.75, 3.05) is 7.05 Å². The summed E-state index contributed by atoms with van der Waals surface area (Å²) in [6, 6.07) is 0. The highest BCUT2D eigenvalue weighted by molar-refractivity contribution is 6.28. The van der Waals surface area contributed by atoms with Gasteiger partial charge in [0.1, 0.15) is 0 Å². The third-order valence-corrected chi connectivity index (χ3v) is 1.58. The highest BCUT2D eigenvalue weighted by Crippen LogP contribution is 2.01. The molecule has 0 rings (SSSR count). The molecule has 0 aromatic rings. The Hall–Kier alpha value is -0.660. The number of hydrogen-bond donors (Lipinski definition) is 1. The number of nitrogens with zero attached hydrogens (tertiary/aromatic N) is 1. The van der Waals surface area contributed by atoms with Gasteiger partial charge in [-0.3, -0.25) is 4.99 Å². The molecule has 0 aromatic heterocycles. The molecule has 0 bridgehead atoms. The van der Waals surface area contributed by atoms with Crippen LogP contribution in [0.3, 0.4) is 0 Å². The number of unbranched alkanes of at least 4 members (excludes halogenated alkanes) is 3. The summed E-state index contributed by atoms with van der Waals surface area (Å²) in [5.74, 6) is 0. The smallest absolute Gasteiger partial charge is 0.0491 e. The van der Waals surface area contributed by atoms with Crippen LogP contribution in [0.4, 0.5) is 0 Å². The van der Waals surface area contributed by atoms with E-state index < -0.39 is 0 Å². The lowest BCUT2D eigenvalue weighted by Crippen LogP contribution is -1.96. The van der Waals surface area contributed by atoms with Gasteiger partial charge in [0.15, 0.2) is 0 Å². The van der Waals surface area contributed by atoms with Gasteiger partial charge in [0.05, 0.1) is 0 Å². The fraction of sp³-hybridized carbons (Fsp3) is 0.778. The maximum Gasteiger partial charge on any atom is 0.0491 e. The summed E-state index contributed by atoms with van der Waals surface area (Å²) in [4.78, 5) is 3.78. The lowest BCUT2D eigenvalue weighted by Gasteiger charge is -1.96. The lowest BCUT2D eigenvalue weighted by atomic mass is 10.1. The van der Waals surface area contributed by atoms with Crippen molar-refractivity contribution >= 4 is 11.9 Å². The summed E-state index contributed by atoms with van der Waals surface area (Å²) in [6.07, 6.45) is 7.45. The van der Waals surface area contributed by atoms with Gasteiger partial charge in [0.25, 0.3) is 0 Å². The van der Waals surface area contributed by atoms with Gasteiger partial charge in [-0.15, -0.1) is 0 Å². The van der Waals surface area contributed by atoms with E-state index >= 15 is 0 Å². The Morgan fingerprint density at radius 2 is 2.09 bits per heavy atom. The van der Waals surface area contributed by atoms with E-state index in [0.29, 0.717) is 5.71 Å². The van der Waals surface area contributed by atoms with E-state index in [0.717, 1.165) is 12.8 Å². The summed E-state index contributed by atoms with van der Waals surface area (Å²) < 4.78 is 0. The standard InChI is InChI=1S/C9H18N2/c1-3-4-5-6-7-9(10)8-11-2/h8,10H,3-7H2,1-2H3. The molecule has 11 heavy (non-hydrogen) atoms. The van der Waals surface area contributed by atoms with Crippen LogP contribution in [0.15, 0.2) is 4.99 Å². The Balaban J connectivity index is 3.17. The minimum atomic E-state index is 0.656. The third kappa shape index (κ3) is 7.23.